The highest BCUT2D eigenvalue weighted by Crippen LogP contribution is 2.17. The summed E-state index contributed by atoms with van der Waals surface area (Å²) in [5.41, 5.74) is 1.06. The lowest BCUT2D eigenvalue weighted by atomic mass is 10.2. The van der Waals surface area contributed by atoms with E-state index < -0.39 is 28.5 Å². The second-order valence-corrected chi connectivity index (χ2v) is 5.62. The molecule has 0 N–H and O–H groups in total. The quantitative estimate of drug-likeness (QED) is 0.784. The smallest absolute Gasteiger partial charge is 0.179 e. The normalized spacial score (nSPS) is 14.3. The van der Waals surface area contributed by atoms with Crippen molar-refractivity contribution in [2.75, 3.05) is 6.67 Å². The number of alkyl halides is 1. The van der Waals surface area contributed by atoms with Crippen molar-refractivity contribution in [2.24, 2.45) is 0 Å². The van der Waals surface area contributed by atoms with Crippen LogP contribution in [0.1, 0.15) is 25.3 Å². The summed E-state index contributed by atoms with van der Waals surface area (Å²) >= 11 is 0. The number of Topliss-reactive ketones (excluding diaryl/α,β-unsaturated/α-hetero) is 1. The number of halogens is 1. The Kier molecular flexibility index (Phi) is 5.48. The molecule has 1 rings (SSSR count). The maximum atomic E-state index is 12.4. The van der Waals surface area contributed by atoms with Crippen LogP contribution < -0.4 is 0 Å². The van der Waals surface area contributed by atoms with Gasteiger partial charge in [-0.25, -0.2) is 4.39 Å². The van der Waals surface area contributed by atoms with E-state index in [-0.39, 0.29) is 0 Å². The van der Waals surface area contributed by atoms with E-state index >= 15 is 0 Å². The van der Waals surface area contributed by atoms with E-state index in [9.17, 15) is 13.4 Å². The Labute approximate surface area is 104 Å². The van der Waals surface area contributed by atoms with E-state index in [0.29, 0.717) is 17.7 Å². The van der Waals surface area contributed by atoms with Gasteiger partial charge in [0.15, 0.2) is 5.78 Å². The summed E-state index contributed by atoms with van der Waals surface area (Å²) in [5, 5.41) is -0.715. The highest BCUT2D eigenvalue weighted by atomic mass is 32.2. The number of ketones is 1. The maximum Gasteiger partial charge on any atom is 0.179 e. The molecule has 0 aliphatic carbocycles. The highest BCUT2D eigenvalue weighted by molar-refractivity contribution is 7.86. The Morgan fingerprint density at radius 1 is 1.35 bits per heavy atom. The fourth-order valence-corrected chi connectivity index (χ4v) is 3.06. The van der Waals surface area contributed by atoms with Crippen LogP contribution in [-0.2, 0) is 15.6 Å². The molecule has 0 saturated carbocycles. The zero-order valence-corrected chi connectivity index (χ0v) is 10.9. The molecule has 0 saturated heterocycles. The van der Waals surface area contributed by atoms with Gasteiger partial charge in [-0.15, -0.1) is 0 Å². The molecule has 2 nitrogen and oxygen atoms in total. The summed E-state index contributed by atoms with van der Waals surface area (Å²) in [4.78, 5) is 12.0. The molecule has 1 unspecified atom stereocenters. The average Bonchev–Trinajstić information content (AvgIpc) is 2.35. The minimum Gasteiger partial charge on any atom is -0.295 e. The summed E-state index contributed by atoms with van der Waals surface area (Å²) in [7, 11) is -1.45. The summed E-state index contributed by atoms with van der Waals surface area (Å²) in [6, 6.07) is 7.16. The minimum atomic E-state index is -1.45. The molecule has 0 radical (unpaired) electrons. The first-order valence-electron chi connectivity index (χ1n) is 5.66. The van der Waals surface area contributed by atoms with E-state index in [1.165, 1.54) is 0 Å². The standard InChI is InChI=1S/C13H17FO2S/c1-3-4-13(12(15)9-14)17(16)11-7-5-10(2)6-8-11/h5-8,13H,3-4,9H2,1-2H3/t13-,17?/m1/s1. The molecule has 0 aliphatic heterocycles. The molecular formula is C13H17FO2S. The van der Waals surface area contributed by atoms with Crippen molar-refractivity contribution in [1.82, 2.24) is 0 Å². The molecule has 0 heterocycles. The van der Waals surface area contributed by atoms with E-state index in [1.807, 2.05) is 26.0 Å². The highest BCUT2D eigenvalue weighted by Gasteiger charge is 2.25. The number of hydrogen-bond donors (Lipinski definition) is 0. The van der Waals surface area contributed by atoms with Crippen LogP contribution in [0.4, 0.5) is 4.39 Å². The first-order valence-corrected chi connectivity index (χ1v) is 6.87. The SMILES string of the molecule is CCC[C@H](C(=O)CF)S(=O)c1ccc(C)cc1. The predicted octanol–water partition coefficient (Wildman–Crippen LogP) is 2.81. The fourth-order valence-electron chi connectivity index (χ4n) is 1.57. The number of carbonyl (C=O) groups is 1. The lowest BCUT2D eigenvalue weighted by molar-refractivity contribution is -0.119. The number of carbonyl (C=O) groups excluding carboxylic acids is 1. The van der Waals surface area contributed by atoms with Gasteiger partial charge in [0, 0.05) is 4.90 Å². The topological polar surface area (TPSA) is 34.1 Å². The third kappa shape index (κ3) is 3.73. The van der Waals surface area contributed by atoms with E-state index in [4.69, 9.17) is 0 Å². The molecule has 0 fully saturated rings. The summed E-state index contributed by atoms with van der Waals surface area (Å²) in [6.07, 6.45) is 1.18. The molecule has 2 atom stereocenters. The van der Waals surface area contributed by atoms with Gasteiger partial charge in [0.2, 0.25) is 0 Å². The molecule has 0 spiro atoms. The molecular weight excluding hydrogens is 239 g/mol. The van der Waals surface area contributed by atoms with Crippen molar-refractivity contribution < 1.29 is 13.4 Å². The molecule has 1 aromatic carbocycles. The summed E-state index contributed by atoms with van der Waals surface area (Å²) in [6.45, 7) is 2.79. The molecule has 0 aromatic heterocycles. The van der Waals surface area contributed by atoms with Gasteiger partial charge in [-0.2, -0.15) is 0 Å². The number of benzene rings is 1. The monoisotopic (exact) mass is 256 g/mol. The van der Waals surface area contributed by atoms with Crippen LogP contribution in [0.3, 0.4) is 0 Å². The number of hydrogen-bond acceptors (Lipinski definition) is 2. The van der Waals surface area contributed by atoms with Gasteiger partial charge < -0.3 is 0 Å². The Bertz CT molecular complexity index is 400. The van der Waals surface area contributed by atoms with E-state index in [2.05, 4.69) is 0 Å². The zero-order valence-electron chi connectivity index (χ0n) is 10.1. The third-order valence-electron chi connectivity index (χ3n) is 2.55. The second-order valence-electron chi connectivity index (χ2n) is 3.99. The minimum absolute atomic E-state index is 0.462. The summed E-state index contributed by atoms with van der Waals surface area (Å²) in [5.74, 6) is -0.564. The van der Waals surface area contributed by atoms with Gasteiger partial charge in [-0.1, -0.05) is 31.0 Å². The van der Waals surface area contributed by atoms with Crippen LogP contribution in [-0.4, -0.2) is 21.9 Å². The van der Waals surface area contributed by atoms with Crippen molar-refractivity contribution in [3.8, 4) is 0 Å². The Balaban J connectivity index is 2.91. The van der Waals surface area contributed by atoms with Crippen molar-refractivity contribution in [3.63, 3.8) is 0 Å². The Morgan fingerprint density at radius 2 is 1.94 bits per heavy atom. The van der Waals surface area contributed by atoms with Crippen molar-refractivity contribution in [3.05, 3.63) is 29.8 Å². The maximum absolute atomic E-state index is 12.4. The zero-order chi connectivity index (χ0) is 12.8. The van der Waals surface area contributed by atoms with Gasteiger partial charge in [0.1, 0.15) is 11.9 Å². The van der Waals surface area contributed by atoms with Gasteiger partial charge in [0.05, 0.1) is 10.8 Å². The first-order chi connectivity index (χ1) is 8.10. The van der Waals surface area contributed by atoms with Crippen molar-refractivity contribution in [2.45, 2.75) is 36.8 Å². The van der Waals surface area contributed by atoms with Crippen LogP contribution in [0.5, 0.6) is 0 Å². The van der Waals surface area contributed by atoms with Crippen LogP contribution in [0.2, 0.25) is 0 Å². The van der Waals surface area contributed by atoms with Gasteiger partial charge >= 0.3 is 0 Å². The molecule has 17 heavy (non-hydrogen) atoms. The van der Waals surface area contributed by atoms with Crippen molar-refractivity contribution >= 4 is 16.6 Å². The average molecular weight is 256 g/mol. The largest absolute Gasteiger partial charge is 0.295 e. The number of rotatable bonds is 6. The van der Waals surface area contributed by atoms with Gasteiger partial charge in [-0.05, 0) is 25.5 Å². The molecule has 0 bridgehead atoms. The van der Waals surface area contributed by atoms with Gasteiger partial charge in [-0.3, -0.25) is 9.00 Å². The predicted molar refractivity (Wildman–Crippen MR) is 67.3 cm³/mol. The van der Waals surface area contributed by atoms with Crippen LogP contribution in [0.25, 0.3) is 0 Å². The van der Waals surface area contributed by atoms with E-state index in [0.717, 1.165) is 5.56 Å². The molecule has 0 amide bonds. The third-order valence-corrected chi connectivity index (χ3v) is 4.31. The fraction of sp³-hybridized carbons (Fsp3) is 0.462. The van der Waals surface area contributed by atoms with Crippen molar-refractivity contribution in [1.29, 1.82) is 0 Å². The summed E-state index contributed by atoms with van der Waals surface area (Å²) < 4.78 is 24.6. The second kappa shape index (κ2) is 6.64. The lowest BCUT2D eigenvalue weighted by Gasteiger charge is -2.13. The van der Waals surface area contributed by atoms with E-state index in [1.54, 1.807) is 12.1 Å². The molecule has 1 aromatic rings. The van der Waals surface area contributed by atoms with Gasteiger partial charge in [0.25, 0.3) is 0 Å². The molecule has 0 aliphatic rings. The lowest BCUT2D eigenvalue weighted by Crippen LogP contribution is -2.27. The van der Waals surface area contributed by atoms with Crippen LogP contribution in [0.15, 0.2) is 29.2 Å². The number of aryl methyl sites for hydroxylation is 1. The Morgan fingerprint density at radius 3 is 2.41 bits per heavy atom. The van der Waals surface area contributed by atoms with Crippen LogP contribution in [0, 0.1) is 6.92 Å². The molecule has 4 heteroatoms. The Hall–Kier alpha value is -1.03. The molecule has 94 valence electrons. The first kappa shape index (κ1) is 14.0. The van der Waals surface area contributed by atoms with Crippen LogP contribution >= 0.6 is 0 Å².